The second kappa shape index (κ2) is 6.51. The maximum absolute atomic E-state index is 13.0. The summed E-state index contributed by atoms with van der Waals surface area (Å²) >= 11 is 0.596. The first kappa shape index (κ1) is 16.6. The number of carbonyl (C=O) groups is 1. The molecule has 0 aromatic heterocycles. The molecule has 1 nitrogen and oxygen atoms in total. The molecule has 0 aliphatic heterocycles. The van der Waals surface area contributed by atoms with E-state index in [1.54, 1.807) is 0 Å². The van der Waals surface area contributed by atoms with Crippen molar-refractivity contribution in [1.29, 1.82) is 0 Å². The van der Waals surface area contributed by atoms with Crippen LogP contribution in [0.5, 0.6) is 0 Å². The maximum atomic E-state index is 13.0. The molecule has 0 spiro atoms. The van der Waals surface area contributed by atoms with Gasteiger partial charge in [0.2, 0.25) is 0 Å². The van der Waals surface area contributed by atoms with Crippen molar-refractivity contribution in [2.24, 2.45) is 0 Å². The van der Waals surface area contributed by atoms with E-state index in [2.05, 4.69) is 0 Å². The number of thioether (sulfide) groups is 1. The lowest BCUT2D eigenvalue weighted by molar-refractivity contribution is -0.126. The van der Waals surface area contributed by atoms with Crippen LogP contribution < -0.4 is 0 Å². The third-order valence-electron chi connectivity index (χ3n) is 1.89. The summed E-state index contributed by atoms with van der Waals surface area (Å²) in [6, 6.07) is 0. The minimum absolute atomic E-state index is 0.295. The minimum atomic E-state index is -4.39. The molecule has 0 radical (unpaired) electrons. The van der Waals surface area contributed by atoms with Crippen LogP contribution in [0.1, 0.15) is 19.8 Å². The van der Waals surface area contributed by atoms with Gasteiger partial charge in [0.05, 0.1) is 0 Å². The van der Waals surface area contributed by atoms with Crippen LogP contribution in [0.15, 0.2) is 0 Å². The highest BCUT2D eigenvalue weighted by Crippen LogP contribution is 2.34. The monoisotopic (exact) mass is 282 g/mol. The summed E-state index contributed by atoms with van der Waals surface area (Å²) in [6.07, 6.45) is -5.88. The van der Waals surface area contributed by atoms with Gasteiger partial charge in [-0.15, -0.1) is 0 Å². The van der Waals surface area contributed by atoms with E-state index >= 15 is 0 Å². The Bertz CT molecular complexity index is 258. The molecule has 0 aliphatic carbocycles. The lowest BCUT2D eigenvalue weighted by atomic mass is 10.1. The highest BCUT2D eigenvalue weighted by Gasteiger charge is 2.46. The highest BCUT2D eigenvalue weighted by molar-refractivity contribution is 8.13. The van der Waals surface area contributed by atoms with Crippen molar-refractivity contribution in [2.75, 3.05) is 12.4 Å². The number of hydrogen-bond donors (Lipinski definition) is 0. The molecule has 8 heteroatoms. The molecule has 0 aromatic rings. The zero-order chi connectivity index (χ0) is 13.7. The molecule has 17 heavy (non-hydrogen) atoms. The Morgan fingerprint density at radius 3 is 2.24 bits per heavy atom. The van der Waals surface area contributed by atoms with E-state index in [0.717, 1.165) is 6.92 Å². The van der Waals surface area contributed by atoms with Crippen LogP contribution in [0, 0.1) is 0 Å². The van der Waals surface area contributed by atoms with Crippen molar-refractivity contribution in [1.82, 2.24) is 0 Å². The maximum Gasteiger partial charge on any atom is 0.306 e. The molecule has 0 aromatic carbocycles. The molecule has 0 amide bonds. The fourth-order valence-corrected chi connectivity index (χ4v) is 1.63. The minimum Gasteiger partial charge on any atom is -0.288 e. The Labute approximate surface area is 98.9 Å². The number of hydrogen-bond acceptors (Lipinski definition) is 2. The van der Waals surface area contributed by atoms with Crippen molar-refractivity contribution in [3.05, 3.63) is 0 Å². The molecule has 0 N–H and O–H groups in total. The second-order valence-electron chi connectivity index (χ2n) is 3.51. The van der Waals surface area contributed by atoms with Crippen molar-refractivity contribution >= 4 is 16.9 Å². The number of carbonyl (C=O) groups excluding carboxylic acids is 1. The Morgan fingerprint density at radius 2 is 1.82 bits per heavy atom. The van der Waals surface area contributed by atoms with Gasteiger partial charge in [0.1, 0.15) is 0 Å². The van der Waals surface area contributed by atoms with Gasteiger partial charge in [-0.2, -0.15) is 0 Å². The van der Waals surface area contributed by atoms with Gasteiger partial charge in [-0.25, -0.2) is 26.3 Å². The van der Waals surface area contributed by atoms with Crippen molar-refractivity contribution in [2.45, 2.75) is 37.8 Å². The summed E-state index contributed by atoms with van der Waals surface area (Å²) < 4.78 is 75.1. The predicted molar refractivity (Wildman–Crippen MR) is 53.1 cm³/mol. The lowest BCUT2D eigenvalue weighted by Crippen LogP contribution is -2.37. The van der Waals surface area contributed by atoms with Gasteiger partial charge in [-0.3, -0.25) is 4.79 Å². The fraction of sp³-hybridized carbons (Fsp3) is 0.889. The van der Waals surface area contributed by atoms with E-state index in [-0.39, 0.29) is 5.75 Å². The molecule has 0 heterocycles. The molecule has 0 saturated heterocycles. The van der Waals surface area contributed by atoms with E-state index in [1.807, 2.05) is 0 Å². The van der Waals surface area contributed by atoms with Gasteiger partial charge in [0, 0.05) is 25.5 Å². The summed E-state index contributed by atoms with van der Waals surface area (Å²) in [7, 11) is 0. The Kier molecular flexibility index (Phi) is 6.36. The summed E-state index contributed by atoms with van der Waals surface area (Å²) in [6.45, 7) is -1.15. The Morgan fingerprint density at radius 1 is 1.29 bits per heavy atom. The Hall–Kier alpha value is -0.400. The summed E-state index contributed by atoms with van der Waals surface area (Å²) in [4.78, 5) is 10.4. The third-order valence-corrected chi connectivity index (χ3v) is 2.70. The normalized spacial score (nSPS) is 14.8. The molecule has 0 saturated carbocycles. The van der Waals surface area contributed by atoms with E-state index in [4.69, 9.17) is 0 Å². The average Bonchev–Trinajstić information content (AvgIpc) is 2.15. The molecular formula is C9H12F6OS. The fourth-order valence-electron chi connectivity index (χ4n) is 0.941. The van der Waals surface area contributed by atoms with E-state index in [0.29, 0.717) is 11.8 Å². The molecule has 1 unspecified atom stereocenters. The van der Waals surface area contributed by atoms with Gasteiger partial charge >= 0.3 is 5.92 Å². The zero-order valence-corrected chi connectivity index (χ0v) is 9.81. The third kappa shape index (κ3) is 6.80. The first-order chi connectivity index (χ1) is 7.60. The molecule has 0 rings (SSSR count). The quantitative estimate of drug-likeness (QED) is 0.663. The first-order valence-electron chi connectivity index (χ1n) is 4.70. The van der Waals surface area contributed by atoms with Crippen molar-refractivity contribution in [3.8, 4) is 0 Å². The van der Waals surface area contributed by atoms with Crippen LogP contribution in [0.3, 0.4) is 0 Å². The first-order valence-corrected chi connectivity index (χ1v) is 5.68. The lowest BCUT2D eigenvalue weighted by Gasteiger charge is -2.22. The largest absolute Gasteiger partial charge is 0.306 e. The van der Waals surface area contributed by atoms with Gasteiger partial charge in [-0.05, 0) is 0 Å². The summed E-state index contributed by atoms with van der Waals surface area (Å²) in [5.41, 5.74) is 0. The summed E-state index contributed by atoms with van der Waals surface area (Å²) in [5, 5.41) is -0.397. The molecule has 0 aliphatic rings. The topological polar surface area (TPSA) is 17.1 Å². The van der Waals surface area contributed by atoms with Gasteiger partial charge in [-0.1, -0.05) is 11.8 Å². The van der Waals surface area contributed by atoms with Crippen LogP contribution in [0.4, 0.5) is 26.3 Å². The number of rotatable bonds is 7. The SMILES string of the molecule is CC(=O)SCCC(F)(F)CC(F)C(F)(F)CF. The molecular weight excluding hydrogens is 270 g/mol. The van der Waals surface area contributed by atoms with Crippen LogP contribution in [-0.2, 0) is 4.79 Å². The standard InChI is InChI=1S/C9H12F6OS/c1-6(16)17-3-2-8(12,13)4-7(11)9(14,15)5-10/h7H,2-5H2,1H3. The van der Waals surface area contributed by atoms with Crippen molar-refractivity contribution in [3.63, 3.8) is 0 Å². The average molecular weight is 282 g/mol. The molecule has 1 atom stereocenters. The predicted octanol–water partition coefficient (Wildman–Crippen LogP) is 3.62. The highest BCUT2D eigenvalue weighted by atomic mass is 32.2. The van der Waals surface area contributed by atoms with Gasteiger partial charge in [0.15, 0.2) is 18.0 Å². The van der Waals surface area contributed by atoms with Gasteiger partial charge in [0.25, 0.3) is 5.92 Å². The van der Waals surface area contributed by atoms with E-state index < -0.39 is 42.6 Å². The van der Waals surface area contributed by atoms with Crippen LogP contribution in [0.25, 0.3) is 0 Å². The number of halogens is 6. The van der Waals surface area contributed by atoms with E-state index in [1.165, 1.54) is 0 Å². The summed E-state index contributed by atoms with van der Waals surface area (Å²) in [5.74, 6) is -8.37. The van der Waals surface area contributed by atoms with Crippen molar-refractivity contribution < 1.29 is 31.1 Å². The smallest absolute Gasteiger partial charge is 0.288 e. The molecule has 102 valence electrons. The van der Waals surface area contributed by atoms with Gasteiger partial charge < -0.3 is 0 Å². The second-order valence-corrected chi connectivity index (χ2v) is 4.78. The molecule has 0 fully saturated rings. The van der Waals surface area contributed by atoms with Crippen LogP contribution >= 0.6 is 11.8 Å². The number of alkyl halides is 6. The molecule has 0 bridgehead atoms. The van der Waals surface area contributed by atoms with E-state index in [9.17, 15) is 31.1 Å². The van der Waals surface area contributed by atoms with Crippen LogP contribution in [-0.4, -0.2) is 35.6 Å². The Balaban J connectivity index is 4.20. The zero-order valence-electron chi connectivity index (χ0n) is 8.99. The van der Waals surface area contributed by atoms with Crippen LogP contribution in [0.2, 0.25) is 0 Å².